The summed E-state index contributed by atoms with van der Waals surface area (Å²) in [5.41, 5.74) is 8.44. The van der Waals surface area contributed by atoms with Crippen molar-refractivity contribution in [2.45, 2.75) is 31.3 Å². The molecule has 3 rings (SSSR count). The van der Waals surface area contributed by atoms with Crippen molar-refractivity contribution in [3.63, 3.8) is 0 Å². The highest BCUT2D eigenvalue weighted by Crippen LogP contribution is 2.33. The van der Waals surface area contributed by atoms with Crippen LogP contribution in [0.5, 0.6) is 0 Å². The highest BCUT2D eigenvalue weighted by atomic mass is 35.5. The van der Waals surface area contributed by atoms with Crippen LogP contribution < -0.4 is 5.73 Å². The molecule has 1 heterocycles. The molecule has 1 aliphatic heterocycles. The highest BCUT2D eigenvalue weighted by Gasteiger charge is 2.30. The molecule has 0 aliphatic carbocycles. The summed E-state index contributed by atoms with van der Waals surface area (Å²) >= 11 is 0. The van der Waals surface area contributed by atoms with Crippen LogP contribution in [0.2, 0.25) is 0 Å². The molecule has 0 radical (unpaired) electrons. The Morgan fingerprint density at radius 1 is 1.09 bits per heavy atom. The van der Waals surface area contributed by atoms with Crippen molar-refractivity contribution < 1.29 is 4.79 Å². The van der Waals surface area contributed by atoms with Gasteiger partial charge in [0, 0.05) is 19.0 Å². The average Bonchev–Trinajstić information content (AvgIpc) is 3.06. The van der Waals surface area contributed by atoms with E-state index in [0.717, 1.165) is 24.9 Å². The Bertz CT molecular complexity index is 618. The molecule has 4 heteroatoms. The van der Waals surface area contributed by atoms with Gasteiger partial charge in [-0.3, -0.25) is 4.79 Å². The second-order valence-electron chi connectivity index (χ2n) is 5.88. The molecule has 0 aromatic heterocycles. The zero-order valence-corrected chi connectivity index (χ0v) is 13.9. The van der Waals surface area contributed by atoms with Crippen molar-refractivity contribution in [3.05, 3.63) is 71.8 Å². The third-order valence-electron chi connectivity index (χ3n) is 4.38. The summed E-state index contributed by atoms with van der Waals surface area (Å²) in [5.74, 6) is 0.155. The van der Waals surface area contributed by atoms with Gasteiger partial charge >= 0.3 is 0 Å². The van der Waals surface area contributed by atoms with E-state index in [1.54, 1.807) is 0 Å². The van der Waals surface area contributed by atoms with E-state index >= 15 is 0 Å². The molecular weight excluding hydrogens is 308 g/mol. The van der Waals surface area contributed by atoms with Crippen molar-refractivity contribution in [2.75, 3.05) is 6.54 Å². The predicted molar refractivity (Wildman–Crippen MR) is 95.4 cm³/mol. The highest BCUT2D eigenvalue weighted by molar-refractivity contribution is 5.85. The van der Waals surface area contributed by atoms with Crippen LogP contribution in [0.3, 0.4) is 0 Å². The minimum atomic E-state index is -0.231. The molecule has 1 fully saturated rings. The van der Waals surface area contributed by atoms with Gasteiger partial charge in [0.15, 0.2) is 0 Å². The summed E-state index contributed by atoms with van der Waals surface area (Å²) in [6, 6.07) is 20.1. The molecule has 0 saturated carbocycles. The van der Waals surface area contributed by atoms with Crippen molar-refractivity contribution in [1.29, 1.82) is 0 Å². The molecule has 2 aromatic rings. The molecule has 1 aliphatic rings. The van der Waals surface area contributed by atoms with Crippen LogP contribution in [0.25, 0.3) is 0 Å². The molecule has 2 N–H and O–H groups in total. The van der Waals surface area contributed by atoms with Crippen LogP contribution in [0, 0.1) is 0 Å². The Morgan fingerprint density at radius 3 is 2.35 bits per heavy atom. The molecule has 0 spiro atoms. The van der Waals surface area contributed by atoms with Gasteiger partial charge in [0.25, 0.3) is 0 Å². The van der Waals surface area contributed by atoms with E-state index in [1.807, 2.05) is 53.4 Å². The Hall–Kier alpha value is -1.84. The minimum absolute atomic E-state index is 0. The smallest absolute Gasteiger partial charge is 0.224 e. The maximum atomic E-state index is 12.7. The largest absolute Gasteiger partial charge is 0.336 e. The molecular formula is C19H23ClN2O. The van der Waals surface area contributed by atoms with E-state index in [1.165, 1.54) is 5.56 Å². The maximum Gasteiger partial charge on any atom is 0.224 e. The molecule has 2 aromatic carbocycles. The molecule has 1 amide bonds. The van der Waals surface area contributed by atoms with Crippen molar-refractivity contribution >= 4 is 18.3 Å². The maximum absolute atomic E-state index is 12.7. The number of rotatable bonds is 4. The Kier molecular flexibility index (Phi) is 6.20. The topological polar surface area (TPSA) is 46.3 Å². The number of benzene rings is 2. The fraction of sp³-hybridized carbons (Fsp3) is 0.316. The van der Waals surface area contributed by atoms with E-state index in [4.69, 9.17) is 5.73 Å². The van der Waals surface area contributed by atoms with Crippen LogP contribution in [0.4, 0.5) is 0 Å². The zero-order chi connectivity index (χ0) is 15.4. The van der Waals surface area contributed by atoms with Crippen molar-refractivity contribution in [3.8, 4) is 0 Å². The lowest BCUT2D eigenvalue weighted by Crippen LogP contribution is -2.32. The predicted octanol–water partition coefficient (Wildman–Crippen LogP) is 3.86. The monoisotopic (exact) mass is 330 g/mol. The van der Waals surface area contributed by atoms with Gasteiger partial charge < -0.3 is 10.6 Å². The normalized spacial score (nSPS) is 18.3. The SMILES string of the molecule is Cl.NC(CC(=O)N1CCCC1c1ccccc1)c1ccccc1. The lowest BCUT2D eigenvalue weighted by molar-refractivity contribution is -0.132. The Balaban J connectivity index is 0.00000192. The lowest BCUT2D eigenvalue weighted by Gasteiger charge is -2.26. The van der Waals surface area contributed by atoms with E-state index in [-0.39, 0.29) is 30.4 Å². The number of likely N-dealkylation sites (tertiary alicyclic amines) is 1. The van der Waals surface area contributed by atoms with Crippen LogP contribution >= 0.6 is 12.4 Å². The van der Waals surface area contributed by atoms with E-state index in [9.17, 15) is 4.79 Å². The van der Waals surface area contributed by atoms with Crippen molar-refractivity contribution in [1.82, 2.24) is 4.90 Å². The molecule has 0 bridgehead atoms. The molecule has 1 saturated heterocycles. The standard InChI is InChI=1S/C19H22N2O.ClH/c20-17(15-8-3-1-4-9-15)14-19(22)21-13-7-12-18(21)16-10-5-2-6-11-16;/h1-6,8-11,17-18H,7,12-14,20H2;1H. The second-order valence-corrected chi connectivity index (χ2v) is 5.88. The van der Waals surface area contributed by atoms with Gasteiger partial charge in [0.1, 0.15) is 0 Å². The first-order chi connectivity index (χ1) is 10.8. The molecule has 23 heavy (non-hydrogen) atoms. The van der Waals surface area contributed by atoms with Gasteiger partial charge in [0.05, 0.1) is 6.04 Å². The summed E-state index contributed by atoms with van der Waals surface area (Å²) < 4.78 is 0. The molecule has 2 atom stereocenters. The summed E-state index contributed by atoms with van der Waals surface area (Å²) in [6.45, 7) is 0.833. The van der Waals surface area contributed by atoms with Crippen LogP contribution in [-0.4, -0.2) is 17.4 Å². The first kappa shape index (κ1) is 17.5. The van der Waals surface area contributed by atoms with E-state index in [2.05, 4.69) is 12.1 Å². The van der Waals surface area contributed by atoms with Gasteiger partial charge in [-0.2, -0.15) is 0 Å². The fourth-order valence-electron chi connectivity index (χ4n) is 3.21. The van der Waals surface area contributed by atoms with Crippen LogP contribution in [-0.2, 0) is 4.79 Å². The zero-order valence-electron chi connectivity index (χ0n) is 13.1. The van der Waals surface area contributed by atoms with Crippen LogP contribution in [0.15, 0.2) is 60.7 Å². The van der Waals surface area contributed by atoms with Crippen molar-refractivity contribution in [2.24, 2.45) is 5.73 Å². The van der Waals surface area contributed by atoms with Gasteiger partial charge in [-0.15, -0.1) is 12.4 Å². The fourth-order valence-corrected chi connectivity index (χ4v) is 3.21. The van der Waals surface area contributed by atoms with E-state index in [0.29, 0.717) is 6.42 Å². The third-order valence-corrected chi connectivity index (χ3v) is 4.38. The number of hydrogen-bond donors (Lipinski definition) is 1. The number of amides is 1. The summed E-state index contributed by atoms with van der Waals surface area (Å²) in [5, 5.41) is 0. The second kappa shape index (κ2) is 8.14. The number of hydrogen-bond acceptors (Lipinski definition) is 2. The van der Waals surface area contributed by atoms with Gasteiger partial charge in [-0.05, 0) is 24.0 Å². The number of halogens is 1. The van der Waals surface area contributed by atoms with E-state index < -0.39 is 0 Å². The summed E-state index contributed by atoms with van der Waals surface area (Å²) in [6.07, 6.45) is 2.47. The quantitative estimate of drug-likeness (QED) is 0.925. The number of nitrogens with two attached hydrogens (primary N) is 1. The minimum Gasteiger partial charge on any atom is -0.336 e. The van der Waals surface area contributed by atoms with Gasteiger partial charge in [-0.1, -0.05) is 60.7 Å². The summed E-state index contributed by atoms with van der Waals surface area (Å²) in [4.78, 5) is 14.7. The lowest BCUT2D eigenvalue weighted by atomic mass is 10.0. The third kappa shape index (κ3) is 4.12. The Labute approximate surface area is 143 Å². The first-order valence-corrected chi connectivity index (χ1v) is 7.90. The van der Waals surface area contributed by atoms with Gasteiger partial charge in [-0.25, -0.2) is 0 Å². The Morgan fingerprint density at radius 2 is 1.70 bits per heavy atom. The number of nitrogens with zero attached hydrogens (tertiary/aromatic N) is 1. The number of carbonyl (C=O) groups excluding carboxylic acids is 1. The summed E-state index contributed by atoms with van der Waals surface area (Å²) in [7, 11) is 0. The first-order valence-electron chi connectivity index (χ1n) is 7.90. The molecule has 2 unspecified atom stereocenters. The number of carbonyl (C=O) groups is 1. The molecule has 122 valence electrons. The van der Waals surface area contributed by atoms with Gasteiger partial charge in [0.2, 0.25) is 5.91 Å². The molecule has 3 nitrogen and oxygen atoms in total. The average molecular weight is 331 g/mol. The van der Waals surface area contributed by atoms with Crippen LogP contribution in [0.1, 0.15) is 42.5 Å².